The SMILES string of the molecule is O=C(Nc1cccc(NC(=O)C2CC2c2ccco2)c1)c1ccccc1. The van der Waals surface area contributed by atoms with E-state index in [1.165, 1.54) is 0 Å². The smallest absolute Gasteiger partial charge is 0.255 e. The number of carbonyl (C=O) groups excluding carboxylic acids is 2. The van der Waals surface area contributed by atoms with Crippen molar-refractivity contribution in [1.82, 2.24) is 0 Å². The standard InChI is InChI=1S/C21H18N2O3/c24-20(14-6-2-1-3-7-14)22-15-8-4-9-16(12-15)23-21(25)18-13-17(18)19-10-5-11-26-19/h1-12,17-18H,13H2,(H,22,24)(H,23,25). The first kappa shape index (κ1) is 16.1. The van der Waals surface area contributed by atoms with Crippen molar-refractivity contribution in [2.75, 3.05) is 10.6 Å². The van der Waals surface area contributed by atoms with Gasteiger partial charge in [-0.1, -0.05) is 24.3 Å². The van der Waals surface area contributed by atoms with Gasteiger partial charge in [0.25, 0.3) is 5.91 Å². The Bertz CT molecular complexity index is 919. The van der Waals surface area contributed by atoms with Crippen LogP contribution in [0.3, 0.4) is 0 Å². The van der Waals surface area contributed by atoms with Crippen LogP contribution in [0.1, 0.15) is 28.5 Å². The summed E-state index contributed by atoms with van der Waals surface area (Å²) in [6.07, 6.45) is 2.42. The third-order valence-corrected chi connectivity index (χ3v) is 4.46. The summed E-state index contributed by atoms with van der Waals surface area (Å²) in [5.41, 5.74) is 1.88. The van der Waals surface area contributed by atoms with Gasteiger partial charge in [0, 0.05) is 28.8 Å². The Morgan fingerprint density at radius 2 is 1.65 bits per heavy atom. The fourth-order valence-corrected chi connectivity index (χ4v) is 3.00. The van der Waals surface area contributed by atoms with Crippen LogP contribution in [-0.2, 0) is 4.79 Å². The van der Waals surface area contributed by atoms with E-state index in [-0.39, 0.29) is 23.7 Å². The lowest BCUT2D eigenvalue weighted by Crippen LogP contribution is -2.15. The minimum absolute atomic E-state index is 0.0297. The van der Waals surface area contributed by atoms with Gasteiger partial charge in [-0.15, -0.1) is 0 Å². The molecule has 1 fully saturated rings. The molecule has 2 amide bonds. The lowest BCUT2D eigenvalue weighted by Gasteiger charge is -2.09. The molecule has 1 aliphatic rings. The van der Waals surface area contributed by atoms with Gasteiger partial charge in [-0.3, -0.25) is 9.59 Å². The Morgan fingerprint density at radius 3 is 2.38 bits per heavy atom. The van der Waals surface area contributed by atoms with Crippen LogP contribution in [0.2, 0.25) is 0 Å². The van der Waals surface area contributed by atoms with Crippen molar-refractivity contribution >= 4 is 23.2 Å². The zero-order chi connectivity index (χ0) is 17.9. The van der Waals surface area contributed by atoms with Crippen LogP contribution in [0.25, 0.3) is 0 Å². The maximum atomic E-state index is 12.4. The van der Waals surface area contributed by atoms with Crippen LogP contribution in [0, 0.1) is 5.92 Å². The number of hydrogen-bond donors (Lipinski definition) is 2. The highest BCUT2D eigenvalue weighted by Gasteiger charge is 2.45. The molecule has 1 aliphatic carbocycles. The van der Waals surface area contributed by atoms with Gasteiger partial charge in [0.2, 0.25) is 5.91 Å². The molecule has 26 heavy (non-hydrogen) atoms. The van der Waals surface area contributed by atoms with Gasteiger partial charge >= 0.3 is 0 Å². The molecule has 130 valence electrons. The topological polar surface area (TPSA) is 71.3 Å². The van der Waals surface area contributed by atoms with Crippen LogP contribution >= 0.6 is 0 Å². The van der Waals surface area contributed by atoms with Crippen LogP contribution < -0.4 is 10.6 Å². The Hall–Kier alpha value is -3.34. The van der Waals surface area contributed by atoms with Gasteiger partial charge in [-0.2, -0.15) is 0 Å². The van der Waals surface area contributed by atoms with Gasteiger partial charge in [0.1, 0.15) is 5.76 Å². The van der Waals surface area contributed by atoms with E-state index in [4.69, 9.17) is 4.42 Å². The molecule has 1 aromatic heterocycles. The summed E-state index contributed by atoms with van der Waals surface area (Å²) in [4.78, 5) is 24.6. The lowest BCUT2D eigenvalue weighted by molar-refractivity contribution is -0.117. The molecule has 0 aliphatic heterocycles. The number of anilines is 2. The molecule has 3 aromatic rings. The van der Waals surface area contributed by atoms with Crippen molar-refractivity contribution in [2.45, 2.75) is 12.3 Å². The van der Waals surface area contributed by atoms with Crippen molar-refractivity contribution in [3.63, 3.8) is 0 Å². The fourth-order valence-electron chi connectivity index (χ4n) is 3.00. The maximum absolute atomic E-state index is 12.4. The highest BCUT2D eigenvalue weighted by molar-refractivity contribution is 6.04. The van der Waals surface area contributed by atoms with E-state index >= 15 is 0 Å². The molecule has 0 radical (unpaired) electrons. The molecule has 2 atom stereocenters. The third-order valence-electron chi connectivity index (χ3n) is 4.46. The van der Waals surface area contributed by atoms with Crippen LogP contribution in [0.15, 0.2) is 77.4 Å². The van der Waals surface area contributed by atoms with Gasteiger partial charge in [0.05, 0.1) is 6.26 Å². The first-order valence-electron chi connectivity index (χ1n) is 8.51. The summed E-state index contributed by atoms with van der Waals surface area (Å²) in [6.45, 7) is 0. The van der Waals surface area contributed by atoms with Crippen molar-refractivity contribution in [2.24, 2.45) is 5.92 Å². The Morgan fingerprint density at radius 1 is 0.885 bits per heavy atom. The predicted molar refractivity (Wildman–Crippen MR) is 99.0 cm³/mol. The number of nitrogens with one attached hydrogen (secondary N) is 2. The number of rotatable bonds is 5. The molecule has 1 saturated carbocycles. The molecular formula is C21H18N2O3. The minimum atomic E-state index is -0.186. The number of furan rings is 1. The number of carbonyl (C=O) groups is 2. The normalized spacial score (nSPS) is 18.2. The van der Waals surface area contributed by atoms with Gasteiger partial charge < -0.3 is 15.1 Å². The zero-order valence-electron chi connectivity index (χ0n) is 14.0. The molecule has 4 rings (SSSR count). The molecule has 1 heterocycles. The fraction of sp³-hybridized carbons (Fsp3) is 0.143. The average Bonchev–Trinajstić information content (AvgIpc) is 3.28. The van der Waals surface area contributed by atoms with E-state index in [0.717, 1.165) is 12.2 Å². The van der Waals surface area contributed by atoms with E-state index in [0.29, 0.717) is 16.9 Å². The quantitative estimate of drug-likeness (QED) is 0.724. The molecule has 5 heteroatoms. The lowest BCUT2D eigenvalue weighted by atomic mass is 10.2. The Labute approximate surface area is 151 Å². The van der Waals surface area contributed by atoms with Crippen molar-refractivity contribution in [3.8, 4) is 0 Å². The molecule has 0 spiro atoms. The van der Waals surface area contributed by atoms with Crippen LogP contribution in [-0.4, -0.2) is 11.8 Å². The van der Waals surface area contributed by atoms with Crippen molar-refractivity contribution in [1.29, 1.82) is 0 Å². The summed E-state index contributed by atoms with van der Waals surface area (Å²) < 4.78 is 5.37. The highest BCUT2D eigenvalue weighted by Crippen LogP contribution is 2.48. The first-order valence-corrected chi connectivity index (χ1v) is 8.51. The minimum Gasteiger partial charge on any atom is -0.469 e. The summed E-state index contributed by atoms with van der Waals surface area (Å²) in [5, 5.41) is 5.76. The molecular weight excluding hydrogens is 328 g/mol. The Kier molecular flexibility index (Phi) is 4.27. The van der Waals surface area contributed by atoms with E-state index in [9.17, 15) is 9.59 Å². The van der Waals surface area contributed by atoms with Gasteiger partial charge in [0.15, 0.2) is 0 Å². The Balaban J connectivity index is 1.39. The van der Waals surface area contributed by atoms with E-state index in [1.807, 2.05) is 30.3 Å². The second-order valence-corrected chi connectivity index (χ2v) is 6.35. The van der Waals surface area contributed by atoms with E-state index in [1.54, 1.807) is 42.7 Å². The molecule has 2 unspecified atom stereocenters. The molecule has 0 saturated heterocycles. The second kappa shape index (κ2) is 6.88. The van der Waals surface area contributed by atoms with Crippen LogP contribution in [0.4, 0.5) is 11.4 Å². The third kappa shape index (κ3) is 3.52. The highest BCUT2D eigenvalue weighted by atomic mass is 16.3. The van der Waals surface area contributed by atoms with Crippen molar-refractivity contribution < 1.29 is 14.0 Å². The molecule has 2 aromatic carbocycles. The van der Waals surface area contributed by atoms with Gasteiger partial charge in [-0.25, -0.2) is 0 Å². The monoisotopic (exact) mass is 346 g/mol. The molecule has 2 N–H and O–H groups in total. The number of hydrogen-bond acceptors (Lipinski definition) is 3. The summed E-state index contributed by atoms with van der Waals surface area (Å²) >= 11 is 0. The summed E-state index contributed by atoms with van der Waals surface area (Å²) in [6, 6.07) is 19.9. The largest absolute Gasteiger partial charge is 0.469 e. The summed E-state index contributed by atoms with van der Waals surface area (Å²) in [5.74, 6) is 0.732. The summed E-state index contributed by atoms with van der Waals surface area (Å²) in [7, 11) is 0. The average molecular weight is 346 g/mol. The predicted octanol–water partition coefficient (Wildman–Crippen LogP) is 4.27. The van der Waals surface area contributed by atoms with Gasteiger partial charge in [-0.05, 0) is 48.9 Å². The van der Waals surface area contributed by atoms with E-state index < -0.39 is 0 Å². The first-order chi connectivity index (χ1) is 12.7. The zero-order valence-corrected chi connectivity index (χ0v) is 14.0. The maximum Gasteiger partial charge on any atom is 0.255 e. The van der Waals surface area contributed by atoms with Crippen LogP contribution in [0.5, 0.6) is 0 Å². The van der Waals surface area contributed by atoms with Crippen molar-refractivity contribution in [3.05, 3.63) is 84.3 Å². The molecule has 5 nitrogen and oxygen atoms in total. The van der Waals surface area contributed by atoms with E-state index in [2.05, 4.69) is 10.6 Å². The molecule has 0 bridgehead atoms. The number of amides is 2. The second-order valence-electron chi connectivity index (χ2n) is 6.35. The number of benzene rings is 2.